The maximum Gasteiger partial charge on any atom is 0.174 e. The van der Waals surface area contributed by atoms with Crippen LogP contribution in [0.15, 0.2) is 28.9 Å². The molecule has 120 valence electrons. The third kappa shape index (κ3) is 4.27. The maximum absolute atomic E-state index is 12.4. The minimum absolute atomic E-state index is 0.183. The number of ether oxygens (including phenoxy) is 1. The largest absolute Gasteiger partial charge is 0.468 e. The molecule has 2 rings (SSSR count). The van der Waals surface area contributed by atoms with E-state index in [-0.39, 0.29) is 5.78 Å². The molecule has 2 aromatic heterocycles. The van der Waals surface area contributed by atoms with Gasteiger partial charge in [0.2, 0.25) is 0 Å². The number of rotatable bonds is 9. The number of hydrogen-bond donors (Lipinski definition) is 0. The second-order valence-electron chi connectivity index (χ2n) is 5.28. The molecule has 0 spiro atoms. The van der Waals surface area contributed by atoms with Crippen LogP contribution in [0.1, 0.15) is 33.9 Å². The van der Waals surface area contributed by atoms with Crippen LogP contribution in [0, 0.1) is 13.8 Å². The summed E-state index contributed by atoms with van der Waals surface area (Å²) < 4.78 is 12.6. The van der Waals surface area contributed by atoms with Crippen LogP contribution in [0.3, 0.4) is 0 Å². The van der Waals surface area contributed by atoms with Crippen molar-refractivity contribution in [2.75, 3.05) is 19.5 Å². The minimum Gasteiger partial charge on any atom is -0.468 e. The fourth-order valence-electron chi connectivity index (χ4n) is 2.51. The lowest BCUT2D eigenvalue weighted by Gasteiger charge is -2.09. The van der Waals surface area contributed by atoms with E-state index < -0.39 is 0 Å². The Labute approximate surface area is 135 Å². The molecule has 0 bridgehead atoms. The Bertz CT molecular complexity index is 602. The Morgan fingerprint density at radius 2 is 2.23 bits per heavy atom. The highest BCUT2D eigenvalue weighted by Gasteiger charge is 2.15. The number of hydrogen-bond acceptors (Lipinski definition) is 4. The van der Waals surface area contributed by atoms with Crippen LogP contribution in [-0.4, -0.2) is 29.8 Å². The van der Waals surface area contributed by atoms with Crippen molar-refractivity contribution in [1.29, 1.82) is 0 Å². The highest BCUT2D eigenvalue weighted by atomic mass is 32.2. The predicted octanol–water partition coefficient (Wildman–Crippen LogP) is 3.85. The molecule has 0 aliphatic heterocycles. The molecule has 0 atom stereocenters. The van der Waals surface area contributed by atoms with Crippen molar-refractivity contribution < 1.29 is 13.9 Å². The fourth-order valence-corrected chi connectivity index (χ4v) is 3.32. The third-order valence-corrected chi connectivity index (χ3v) is 4.62. The number of aromatic nitrogens is 1. The van der Waals surface area contributed by atoms with E-state index in [1.54, 1.807) is 25.1 Å². The summed E-state index contributed by atoms with van der Waals surface area (Å²) in [5, 5.41) is 0. The van der Waals surface area contributed by atoms with Gasteiger partial charge in [0.15, 0.2) is 5.78 Å². The summed E-state index contributed by atoms with van der Waals surface area (Å²) >= 11 is 1.59. The van der Waals surface area contributed by atoms with E-state index in [4.69, 9.17) is 9.15 Å². The van der Waals surface area contributed by atoms with Crippen molar-refractivity contribution >= 4 is 17.5 Å². The van der Waals surface area contributed by atoms with Gasteiger partial charge in [0.25, 0.3) is 0 Å². The molecule has 5 heteroatoms. The number of thioether (sulfide) groups is 1. The van der Waals surface area contributed by atoms with Crippen LogP contribution >= 0.6 is 11.8 Å². The molecule has 2 heterocycles. The normalized spacial score (nSPS) is 11.0. The van der Waals surface area contributed by atoms with Gasteiger partial charge >= 0.3 is 0 Å². The van der Waals surface area contributed by atoms with E-state index in [1.807, 2.05) is 32.0 Å². The van der Waals surface area contributed by atoms with Gasteiger partial charge in [0.1, 0.15) is 5.76 Å². The Balaban J connectivity index is 1.93. The Morgan fingerprint density at radius 1 is 1.41 bits per heavy atom. The topological polar surface area (TPSA) is 44.4 Å². The van der Waals surface area contributed by atoms with Gasteiger partial charge in [-0.1, -0.05) is 0 Å². The zero-order valence-electron chi connectivity index (χ0n) is 13.4. The SMILES string of the molecule is COCCCn1c(C)cc(C(=O)CSCc2ccco2)c1C. The molecule has 0 amide bonds. The van der Waals surface area contributed by atoms with Crippen molar-refractivity contribution in [3.05, 3.63) is 47.2 Å². The van der Waals surface area contributed by atoms with E-state index >= 15 is 0 Å². The maximum atomic E-state index is 12.4. The number of carbonyl (C=O) groups excluding carboxylic acids is 1. The number of nitrogens with zero attached hydrogens (tertiary/aromatic N) is 1. The highest BCUT2D eigenvalue weighted by molar-refractivity contribution is 7.99. The van der Waals surface area contributed by atoms with E-state index in [9.17, 15) is 4.79 Å². The van der Waals surface area contributed by atoms with Gasteiger partial charge in [-0.15, -0.1) is 11.8 Å². The molecule has 0 N–H and O–H groups in total. The number of furan rings is 1. The smallest absolute Gasteiger partial charge is 0.174 e. The van der Waals surface area contributed by atoms with Crippen LogP contribution < -0.4 is 0 Å². The van der Waals surface area contributed by atoms with Gasteiger partial charge in [0.05, 0.1) is 17.8 Å². The van der Waals surface area contributed by atoms with Crippen molar-refractivity contribution in [3.8, 4) is 0 Å². The Morgan fingerprint density at radius 3 is 2.91 bits per heavy atom. The number of aryl methyl sites for hydroxylation is 1. The zero-order valence-corrected chi connectivity index (χ0v) is 14.2. The average molecular weight is 321 g/mol. The molecule has 2 aromatic rings. The molecule has 0 aliphatic carbocycles. The first kappa shape index (κ1) is 16.9. The Kier molecular flexibility index (Phi) is 6.34. The van der Waals surface area contributed by atoms with Crippen LogP contribution in [0.4, 0.5) is 0 Å². The van der Waals surface area contributed by atoms with E-state index in [0.29, 0.717) is 5.75 Å². The molecule has 0 saturated carbocycles. The predicted molar refractivity (Wildman–Crippen MR) is 89.6 cm³/mol. The summed E-state index contributed by atoms with van der Waals surface area (Å²) in [4.78, 5) is 12.4. The molecule has 0 fully saturated rings. The molecular weight excluding hydrogens is 298 g/mol. The molecule has 0 aliphatic rings. The monoisotopic (exact) mass is 321 g/mol. The highest BCUT2D eigenvalue weighted by Crippen LogP contribution is 2.20. The zero-order chi connectivity index (χ0) is 15.9. The van der Waals surface area contributed by atoms with Crippen LogP contribution in [-0.2, 0) is 17.0 Å². The van der Waals surface area contributed by atoms with Crippen molar-refractivity contribution in [3.63, 3.8) is 0 Å². The summed E-state index contributed by atoms with van der Waals surface area (Å²) in [6.45, 7) is 5.69. The lowest BCUT2D eigenvalue weighted by Crippen LogP contribution is -2.08. The number of methoxy groups -OCH3 is 1. The van der Waals surface area contributed by atoms with Gasteiger partial charge in [0, 0.05) is 37.2 Å². The molecule has 0 saturated heterocycles. The van der Waals surface area contributed by atoms with Crippen LogP contribution in [0.25, 0.3) is 0 Å². The lowest BCUT2D eigenvalue weighted by atomic mass is 10.2. The summed E-state index contributed by atoms with van der Waals surface area (Å²) in [7, 11) is 1.71. The number of ketones is 1. The molecule has 0 radical (unpaired) electrons. The van der Waals surface area contributed by atoms with Crippen molar-refractivity contribution in [2.45, 2.75) is 32.6 Å². The van der Waals surface area contributed by atoms with Gasteiger partial charge in [-0.3, -0.25) is 4.79 Å². The van der Waals surface area contributed by atoms with Gasteiger partial charge in [-0.2, -0.15) is 0 Å². The first-order chi connectivity index (χ1) is 10.6. The lowest BCUT2D eigenvalue weighted by molar-refractivity contribution is 0.102. The van der Waals surface area contributed by atoms with Crippen molar-refractivity contribution in [1.82, 2.24) is 4.57 Å². The minimum atomic E-state index is 0.183. The molecule has 4 nitrogen and oxygen atoms in total. The van der Waals surface area contributed by atoms with Crippen LogP contribution in [0.5, 0.6) is 0 Å². The third-order valence-electron chi connectivity index (χ3n) is 3.66. The Hall–Kier alpha value is -1.46. The van der Waals surface area contributed by atoms with E-state index in [0.717, 1.165) is 48.0 Å². The molecule has 22 heavy (non-hydrogen) atoms. The fraction of sp³-hybridized carbons (Fsp3) is 0.471. The summed E-state index contributed by atoms with van der Waals surface area (Å²) in [5.74, 6) is 2.29. The van der Waals surface area contributed by atoms with E-state index in [1.165, 1.54) is 0 Å². The van der Waals surface area contributed by atoms with Gasteiger partial charge in [-0.25, -0.2) is 0 Å². The number of Topliss-reactive ketones (excluding diaryl/α,β-unsaturated/α-hetero) is 1. The summed E-state index contributed by atoms with van der Waals surface area (Å²) in [5.41, 5.74) is 3.02. The molecular formula is C17H23NO3S. The number of carbonyl (C=O) groups is 1. The molecule has 0 aromatic carbocycles. The van der Waals surface area contributed by atoms with Gasteiger partial charge < -0.3 is 13.7 Å². The molecule has 0 unspecified atom stereocenters. The quantitative estimate of drug-likeness (QED) is 0.520. The van der Waals surface area contributed by atoms with Crippen molar-refractivity contribution in [2.24, 2.45) is 0 Å². The first-order valence-corrected chi connectivity index (χ1v) is 8.58. The van der Waals surface area contributed by atoms with E-state index in [2.05, 4.69) is 4.57 Å². The average Bonchev–Trinajstić information content (AvgIpc) is 3.10. The standard InChI is InChI=1S/C17H23NO3S/c1-13-10-16(14(2)18(13)7-5-8-20-3)17(19)12-22-11-15-6-4-9-21-15/h4,6,9-10H,5,7-8,11-12H2,1-3H3. The van der Waals surface area contributed by atoms with Gasteiger partial charge in [-0.05, 0) is 38.5 Å². The van der Waals surface area contributed by atoms with Crippen LogP contribution in [0.2, 0.25) is 0 Å². The second-order valence-corrected chi connectivity index (χ2v) is 6.26. The summed E-state index contributed by atoms with van der Waals surface area (Å²) in [6, 6.07) is 5.79. The first-order valence-electron chi connectivity index (χ1n) is 7.42. The summed E-state index contributed by atoms with van der Waals surface area (Å²) in [6.07, 6.45) is 2.61. The second kappa shape index (κ2) is 8.25.